The molecular formula is C24H27N3O. The molecule has 4 heteroatoms. The van der Waals surface area contributed by atoms with Crippen LogP contribution in [0.1, 0.15) is 34.7 Å². The maximum absolute atomic E-state index is 11.7. The molecule has 3 rings (SSSR count). The maximum Gasteiger partial charge on any atom is 0.223 e. The van der Waals surface area contributed by atoms with E-state index in [4.69, 9.17) is 4.98 Å². The van der Waals surface area contributed by atoms with Crippen LogP contribution in [-0.4, -0.2) is 22.3 Å². The molecule has 0 radical (unpaired) electrons. The maximum atomic E-state index is 11.7. The van der Waals surface area contributed by atoms with Gasteiger partial charge in [-0.2, -0.15) is 0 Å². The number of carbonyl (C=O) groups is 1. The number of aryl methyl sites for hydroxylation is 3. The standard InChI is InChI=1S/C24H27N3O/c1-16-9-10-17(2)20(13-16)11-12-25-24-26-15-21(14-19(4)28)23(27-24)22-8-6-5-7-18(22)3/h5-10,13,15H,11-12,14H2,1-4H3,(H,25,26,27). The molecule has 0 fully saturated rings. The first-order valence-corrected chi connectivity index (χ1v) is 9.65. The Kier molecular flexibility index (Phi) is 6.19. The van der Waals surface area contributed by atoms with Crippen molar-refractivity contribution in [1.82, 2.24) is 9.97 Å². The average molecular weight is 374 g/mol. The molecule has 0 bridgehead atoms. The van der Waals surface area contributed by atoms with Crippen LogP contribution in [0, 0.1) is 20.8 Å². The molecule has 0 saturated heterocycles. The van der Waals surface area contributed by atoms with Gasteiger partial charge >= 0.3 is 0 Å². The Bertz CT molecular complexity index is 995. The molecule has 0 aliphatic carbocycles. The van der Waals surface area contributed by atoms with E-state index in [0.29, 0.717) is 12.4 Å². The van der Waals surface area contributed by atoms with Crippen molar-refractivity contribution in [2.75, 3.05) is 11.9 Å². The highest BCUT2D eigenvalue weighted by Gasteiger charge is 2.13. The summed E-state index contributed by atoms with van der Waals surface area (Å²) in [5.74, 6) is 0.699. The zero-order valence-corrected chi connectivity index (χ0v) is 17.0. The summed E-state index contributed by atoms with van der Waals surface area (Å²) in [4.78, 5) is 20.9. The average Bonchev–Trinajstić information content (AvgIpc) is 2.66. The molecule has 144 valence electrons. The van der Waals surface area contributed by atoms with Gasteiger partial charge in [-0.25, -0.2) is 9.97 Å². The molecule has 1 N–H and O–H groups in total. The van der Waals surface area contributed by atoms with Crippen molar-refractivity contribution in [2.24, 2.45) is 0 Å². The van der Waals surface area contributed by atoms with Crippen LogP contribution in [0.25, 0.3) is 11.3 Å². The minimum atomic E-state index is 0.106. The molecule has 1 heterocycles. The number of carbonyl (C=O) groups excluding carboxylic acids is 1. The van der Waals surface area contributed by atoms with Crippen molar-refractivity contribution in [3.05, 3.63) is 76.5 Å². The number of rotatable bonds is 7. The van der Waals surface area contributed by atoms with Gasteiger partial charge < -0.3 is 5.32 Å². The Morgan fingerprint density at radius 3 is 2.54 bits per heavy atom. The summed E-state index contributed by atoms with van der Waals surface area (Å²) < 4.78 is 0. The third-order valence-corrected chi connectivity index (χ3v) is 4.89. The summed E-state index contributed by atoms with van der Waals surface area (Å²) in [5, 5.41) is 3.34. The van der Waals surface area contributed by atoms with Gasteiger partial charge in [0.25, 0.3) is 0 Å². The lowest BCUT2D eigenvalue weighted by Crippen LogP contribution is -2.11. The Morgan fingerprint density at radius 2 is 1.79 bits per heavy atom. The minimum absolute atomic E-state index is 0.106. The van der Waals surface area contributed by atoms with Crippen molar-refractivity contribution in [3.63, 3.8) is 0 Å². The van der Waals surface area contributed by atoms with Crippen molar-refractivity contribution in [3.8, 4) is 11.3 Å². The summed E-state index contributed by atoms with van der Waals surface area (Å²) in [6.45, 7) is 8.66. The van der Waals surface area contributed by atoms with Crippen LogP contribution < -0.4 is 5.32 Å². The first-order valence-electron chi connectivity index (χ1n) is 9.65. The molecule has 4 nitrogen and oxygen atoms in total. The summed E-state index contributed by atoms with van der Waals surface area (Å²) in [7, 11) is 0. The van der Waals surface area contributed by atoms with Crippen LogP contribution in [0.4, 0.5) is 5.95 Å². The molecular weight excluding hydrogens is 346 g/mol. The monoisotopic (exact) mass is 373 g/mol. The van der Waals surface area contributed by atoms with E-state index in [0.717, 1.165) is 35.3 Å². The van der Waals surface area contributed by atoms with E-state index in [1.807, 2.05) is 18.2 Å². The van der Waals surface area contributed by atoms with Crippen LogP contribution >= 0.6 is 0 Å². The normalized spacial score (nSPS) is 10.7. The number of aromatic nitrogens is 2. The first-order chi connectivity index (χ1) is 13.4. The highest BCUT2D eigenvalue weighted by molar-refractivity contribution is 5.81. The van der Waals surface area contributed by atoms with Gasteiger partial charge in [0.2, 0.25) is 5.95 Å². The van der Waals surface area contributed by atoms with Gasteiger partial charge in [-0.1, -0.05) is 48.0 Å². The fourth-order valence-electron chi connectivity index (χ4n) is 3.34. The summed E-state index contributed by atoms with van der Waals surface area (Å²) in [6, 6.07) is 14.6. The molecule has 0 aliphatic rings. The van der Waals surface area contributed by atoms with E-state index in [2.05, 4.69) is 55.3 Å². The van der Waals surface area contributed by atoms with Crippen molar-refractivity contribution >= 4 is 11.7 Å². The Hall–Kier alpha value is -3.01. The fourth-order valence-corrected chi connectivity index (χ4v) is 3.34. The van der Waals surface area contributed by atoms with E-state index in [1.165, 1.54) is 16.7 Å². The third-order valence-electron chi connectivity index (χ3n) is 4.89. The van der Waals surface area contributed by atoms with Crippen LogP contribution in [0.5, 0.6) is 0 Å². The van der Waals surface area contributed by atoms with Gasteiger partial charge in [-0.3, -0.25) is 4.79 Å². The zero-order chi connectivity index (χ0) is 20.1. The Labute approximate surface area is 167 Å². The van der Waals surface area contributed by atoms with E-state index in [-0.39, 0.29) is 5.78 Å². The fraction of sp³-hybridized carbons (Fsp3) is 0.292. The SMILES string of the molecule is CC(=O)Cc1cnc(NCCc2cc(C)ccc2C)nc1-c1ccccc1C. The highest BCUT2D eigenvalue weighted by Crippen LogP contribution is 2.26. The number of benzene rings is 2. The summed E-state index contributed by atoms with van der Waals surface area (Å²) in [5.41, 5.74) is 7.77. The van der Waals surface area contributed by atoms with Crippen LogP contribution in [-0.2, 0) is 17.6 Å². The van der Waals surface area contributed by atoms with Crippen LogP contribution in [0.15, 0.2) is 48.7 Å². The Balaban J connectivity index is 1.82. The van der Waals surface area contributed by atoms with Gasteiger partial charge in [0, 0.05) is 30.3 Å². The van der Waals surface area contributed by atoms with E-state index < -0.39 is 0 Å². The van der Waals surface area contributed by atoms with E-state index in [1.54, 1.807) is 13.1 Å². The van der Waals surface area contributed by atoms with Gasteiger partial charge in [0.05, 0.1) is 5.69 Å². The first kappa shape index (κ1) is 19.7. The lowest BCUT2D eigenvalue weighted by Gasteiger charge is -2.13. The molecule has 0 atom stereocenters. The number of ketones is 1. The van der Waals surface area contributed by atoms with Gasteiger partial charge in [0.15, 0.2) is 0 Å². The molecule has 3 aromatic rings. The van der Waals surface area contributed by atoms with Gasteiger partial charge in [-0.15, -0.1) is 0 Å². The highest BCUT2D eigenvalue weighted by atomic mass is 16.1. The molecule has 0 spiro atoms. The van der Waals surface area contributed by atoms with E-state index in [9.17, 15) is 4.79 Å². The molecule has 0 saturated carbocycles. The zero-order valence-electron chi connectivity index (χ0n) is 17.0. The molecule has 28 heavy (non-hydrogen) atoms. The number of anilines is 1. The number of hydrogen-bond acceptors (Lipinski definition) is 4. The van der Waals surface area contributed by atoms with Crippen LogP contribution in [0.3, 0.4) is 0 Å². The number of Topliss-reactive ketones (excluding diaryl/α,β-unsaturated/α-hetero) is 1. The van der Waals surface area contributed by atoms with E-state index >= 15 is 0 Å². The smallest absolute Gasteiger partial charge is 0.223 e. The Morgan fingerprint density at radius 1 is 1.00 bits per heavy atom. The molecule has 0 aliphatic heterocycles. The number of nitrogens with one attached hydrogen (secondary N) is 1. The number of hydrogen-bond donors (Lipinski definition) is 1. The molecule has 1 aromatic heterocycles. The second-order valence-corrected chi connectivity index (χ2v) is 7.37. The third kappa shape index (κ3) is 4.83. The predicted molar refractivity (Wildman–Crippen MR) is 115 cm³/mol. The lowest BCUT2D eigenvalue weighted by molar-refractivity contribution is -0.116. The second kappa shape index (κ2) is 8.79. The van der Waals surface area contributed by atoms with Crippen molar-refractivity contribution in [2.45, 2.75) is 40.5 Å². The summed E-state index contributed by atoms with van der Waals surface area (Å²) >= 11 is 0. The number of nitrogens with zero attached hydrogens (tertiary/aromatic N) is 2. The largest absolute Gasteiger partial charge is 0.354 e. The van der Waals surface area contributed by atoms with Gasteiger partial charge in [0.1, 0.15) is 5.78 Å². The minimum Gasteiger partial charge on any atom is -0.354 e. The van der Waals surface area contributed by atoms with Crippen molar-refractivity contribution in [1.29, 1.82) is 0 Å². The molecule has 2 aromatic carbocycles. The molecule has 0 unspecified atom stereocenters. The predicted octanol–water partition coefficient (Wildman–Crippen LogP) is 4.85. The van der Waals surface area contributed by atoms with Crippen molar-refractivity contribution < 1.29 is 4.79 Å². The van der Waals surface area contributed by atoms with Gasteiger partial charge in [-0.05, 0) is 50.8 Å². The lowest BCUT2D eigenvalue weighted by atomic mass is 10.00. The molecule has 0 amide bonds. The summed E-state index contributed by atoms with van der Waals surface area (Å²) in [6.07, 6.45) is 3.02. The second-order valence-electron chi connectivity index (χ2n) is 7.37. The topological polar surface area (TPSA) is 54.9 Å². The van der Waals surface area contributed by atoms with Crippen LogP contribution in [0.2, 0.25) is 0 Å². The quantitative estimate of drug-likeness (QED) is 0.643.